The van der Waals surface area contributed by atoms with Gasteiger partial charge >= 0.3 is 13.7 Å². The minimum absolute atomic E-state index is 0.0454. The van der Waals surface area contributed by atoms with Crippen LogP contribution in [-0.4, -0.2) is 94.3 Å². The quantitative estimate of drug-likeness (QED) is 0.129. The van der Waals surface area contributed by atoms with Gasteiger partial charge in [-0.3, -0.25) is 4.57 Å². The van der Waals surface area contributed by atoms with E-state index in [1.165, 1.54) is 23.5 Å². The minimum Gasteiger partial charge on any atom is -0.497 e. The number of nitrogens with zero attached hydrogens (tertiary/aromatic N) is 1. The third-order valence-corrected chi connectivity index (χ3v) is 12.6. The van der Waals surface area contributed by atoms with Crippen molar-refractivity contribution < 1.29 is 55.6 Å². The fourth-order valence-electron chi connectivity index (χ4n) is 6.36. The lowest BCUT2D eigenvalue weighted by Crippen LogP contribution is -2.51. The molecule has 0 aromatic heterocycles. The van der Waals surface area contributed by atoms with Crippen LogP contribution in [-0.2, 0) is 50.9 Å². The van der Waals surface area contributed by atoms with E-state index < -0.39 is 48.3 Å². The molecule has 0 spiro atoms. The number of carbonyl (C=O) groups is 1. The maximum atomic E-state index is 13.9. The molecule has 3 aromatic rings. The van der Waals surface area contributed by atoms with Crippen molar-refractivity contribution in [3.05, 3.63) is 90.0 Å². The summed E-state index contributed by atoms with van der Waals surface area (Å²) in [5, 5.41) is 14.5. The first-order valence-electron chi connectivity index (χ1n) is 18.4. The van der Waals surface area contributed by atoms with Crippen LogP contribution in [0.25, 0.3) is 0 Å². The minimum atomic E-state index is -4.05. The summed E-state index contributed by atoms with van der Waals surface area (Å²) in [5.41, 5.74) is 1.54. The summed E-state index contributed by atoms with van der Waals surface area (Å²) in [7, 11) is -6.20. The van der Waals surface area contributed by atoms with E-state index in [0.717, 1.165) is 5.56 Å². The van der Waals surface area contributed by atoms with Gasteiger partial charge in [-0.25, -0.2) is 13.2 Å². The lowest BCUT2D eigenvalue weighted by Gasteiger charge is -2.31. The average molecular weight is 805 g/mol. The van der Waals surface area contributed by atoms with Crippen LogP contribution in [0, 0.1) is 11.8 Å². The van der Waals surface area contributed by atoms with Crippen molar-refractivity contribution in [2.45, 2.75) is 82.7 Å². The largest absolute Gasteiger partial charge is 0.497 e. The molecule has 5 rings (SSSR count). The highest BCUT2D eigenvalue weighted by Gasteiger charge is 2.44. The highest BCUT2D eigenvalue weighted by atomic mass is 32.2. The fourth-order valence-corrected chi connectivity index (χ4v) is 9.47. The SMILES string of the molecule is COc1ccc(S(=O)(=O)N(CC(C)C)C[C@@H](O)[C@H](Cc2ccc(OCP(=O)(OCc3ccccc3)OC(C)C)cc2)NC(=O)O[C@H]2CO[C@H]3OCC[C@H]32)cc1. The Kier molecular flexibility index (Phi) is 15.2. The van der Waals surface area contributed by atoms with Crippen molar-refractivity contribution >= 4 is 23.7 Å². The molecular formula is C39H53N2O12PS. The number of benzene rings is 3. The van der Waals surface area contributed by atoms with Crippen molar-refractivity contribution in [3.63, 3.8) is 0 Å². The number of ether oxygens (including phenoxy) is 5. The predicted octanol–water partition coefficient (Wildman–Crippen LogP) is 5.97. The number of fused-ring (bicyclic) bond motifs is 1. The van der Waals surface area contributed by atoms with Gasteiger partial charge in [0.15, 0.2) is 12.6 Å². The molecule has 0 aliphatic carbocycles. The highest BCUT2D eigenvalue weighted by molar-refractivity contribution is 7.89. The third kappa shape index (κ3) is 12.2. The molecule has 2 fully saturated rings. The molecule has 55 heavy (non-hydrogen) atoms. The van der Waals surface area contributed by atoms with E-state index in [0.29, 0.717) is 30.1 Å². The number of aliphatic hydroxyl groups excluding tert-OH is 1. The number of alkyl carbamates (subject to hydrolysis) is 1. The van der Waals surface area contributed by atoms with E-state index in [1.807, 2.05) is 44.2 Å². The predicted molar refractivity (Wildman–Crippen MR) is 204 cm³/mol. The van der Waals surface area contributed by atoms with Crippen LogP contribution in [0.3, 0.4) is 0 Å². The van der Waals surface area contributed by atoms with E-state index in [-0.39, 0.29) is 61.9 Å². The number of rotatable bonds is 20. The third-order valence-electron chi connectivity index (χ3n) is 9.08. The number of aliphatic hydroxyl groups is 1. The molecule has 302 valence electrons. The van der Waals surface area contributed by atoms with Gasteiger partial charge in [-0.05, 0) is 80.1 Å². The molecule has 1 amide bonds. The Morgan fingerprint density at radius 1 is 0.945 bits per heavy atom. The summed E-state index contributed by atoms with van der Waals surface area (Å²) in [4.78, 5) is 13.4. The Balaban J connectivity index is 1.30. The molecule has 3 aromatic carbocycles. The Bertz CT molecular complexity index is 1810. The van der Waals surface area contributed by atoms with Crippen molar-refractivity contribution in [2.24, 2.45) is 11.8 Å². The molecule has 0 radical (unpaired) electrons. The Morgan fingerprint density at radius 3 is 2.29 bits per heavy atom. The molecule has 2 aliphatic rings. The summed E-state index contributed by atoms with van der Waals surface area (Å²) in [6.45, 7) is 7.89. The number of nitrogens with one attached hydrogen (secondary N) is 1. The van der Waals surface area contributed by atoms with E-state index in [9.17, 15) is 22.9 Å². The van der Waals surface area contributed by atoms with Gasteiger partial charge in [0, 0.05) is 13.1 Å². The summed E-state index contributed by atoms with van der Waals surface area (Å²) in [5.74, 6) is 0.735. The number of hydrogen-bond acceptors (Lipinski definition) is 12. The molecule has 0 bridgehead atoms. The lowest BCUT2D eigenvalue weighted by molar-refractivity contribution is -0.0907. The standard InChI is InChI=1S/C39H53N2O12PS/c1-27(2)22-41(55(45,46)33-17-15-31(47-5)16-18-33)23-36(42)35(40-39(43)52-37-25-49-38-34(37)19-20-48-38)21-29-11-13-32(14-12-29)50-26-54(44,53-28(3)4)51-24-30-9-7-6-8-10-30/h6-18,27-28,34-38,42H,19-26H2,1-5H3,(H,40,43)/t34-,35-,36+,37-,38+,54?/m0/s1. The molecule has 0 saturated carbocycles. The summed E-state index contributed by atoms with van der Waals surface area (Å²) >= 11 is 0. The molecule has 14 nitrogen and oxygen atoms in total. The summed E-state index contributed by atoms with van der Waals surface area (Å²) in [6.07, 6.45) is -2.95. The molecule has 2 aliphatic heterocycles. The van der Waals surface area contributed by atoms with Crippen LogP contribution < -0.4 is 14.8 Å². The molecular weight excluding hydrogens is 751 g/mol. The van der Waals surface area contributed by atoms with Crippen LogP contribution in [0.5, 0.6) is 11.5 Å². The van der Waals surface area contributed by atoms with Gasteiger partial charge < -0.3 is 43.2 Å². The number of hydrogen-bond donors (Lipinski definition) is 2. The zero-order chi connectivity index (χ0) is 39.6. The smallest absolute Gasteiger partial charge is 0.407 e. The van der Waals surface area contributed by atoms with Crippen LogP contribution in [0.4, 0.5) is 4.79 Å². The molecule has 2 heterocycles. The zero-order valence-electron chi connectivity index (χ0n) is 31.9. The Hall–Kier alpha value is -3.53. The van der Waals surface area contributed by atoms with Gasteiger partial charge in [0.1, 0.15) is 17.6 Å². The number of sulfonamides is 1. The fraction of sp³-hybridized carbons (Fsp3) is 0.513. The van der Waals surface area contributed by atoms with E-state index in [4.69, 9.17) is 32.7 Å². The van der Waals surface area contributed by atoms with Crippen LogP contribution >= 0.6 is 7.60 Å². The first kappa shape index (κ1) is 42.6. The lowest BCUT2D eigenvalue weighted by atomic mass is 10.0. The van der Waals surface area contributed by atoms with Crippen molar-refractivity contribution in [1.29, 1.82) is 0 Å². The van der Waals surface area contributed by atoms with E-state index in [1.54, 1.807) is 50.2 Å². The first-order valence-corrected chi connectivity index (χ1v) is 21.6. The monoisotopic (exact) mass is 804 g/mol. The van der Waals surface area contributed by atoms with Crippen LogP contribution in [0.2, 0.25) is 0 Å². The maximum Gasteiger partial charge on any atom is 0.407 e. The Morgan fingerprint density at radius 2 is 1.64 bits per heavy atom. The van der Waals surface area contributed by atoms with Crippen molar-refractivity contribution in [1.82, 2.24) is 9.62 Å². The Labute approximate surface area is 323 Å². The summed E-state index contributed by atoms with van der Waals surface area (Å²) in [6, 6.07) is 21.2. The molecule has 1 unspecified atom stereocenters. The van der Waals surface area contributed by atoms with Gasteiger partial charge in [0.2, 0.25) is 10.0 Å². The van der Waals surface area contributed by atoms with Gasteiger partial charge in [-0.15, -0.1) is 0 Å². The molecule has 16 heteroatoms. The zero-order valence-corrected chi connectivity index (χ0v) is 33.7. The van der Waals surface area contributed by atoms with E-state index >= 15 is 0 Å². The van der Waals surface area contributed by atoms with E-state index in [2.05, 4.69) is 5.32 Å². The summed E-state index contributed by atoms with van der Waals surface area (Å²) < 4.78 is 81.9. The molecule has 2 N–H and O–H groups in total. The van der Waals surface area contributed by atoms with Crippen LogP contribution in [0.15, 0.2) is 83.8 Å². The van der Waals surface area contributed by atoms with Crippen molar-refractivity contribution in [2.75, 3.05) is 39.8 Å². The number of carbonyl (C=O) groups excluding carboxylic acids is 1. The van der Waals surface area contributed by atoms with Crippen molar-refractivity contribution in [3.8, 4) is 11.5 Å². The van der Waals surface area contributed by atoms with Crippen LogP contribution in [0.1, 0.15) is 45.2 Å². The van der Waals surface area contributed by atoms with Gasteiger partial charge in [0.05, 0.1) is 56.0 Å². The second-order valence-electron chi connectivity index (χ2n) is 14.3. The highest BCUT2D eigenvalue weighted by Crippen LogP contribution is 2.50. The molecule has 2 saturated heterocycles. The second kappa shape index (κ2) is 19.6. The average Bonchev–Trinajstić information content (AvgIpc) is 3.78. The molecule has 6 atom stereocenters. The maximum absolute atomic E-state index is 13.9. The number of methoxy groups -OCH3 is 1. The van der Waals surface area contributed by atoms with Gasteiger partial charge in [-0.1, -0.05) is 56.3 Å². The second-order valence-corrected chi connectivity index (χ2v) is 18.2. The topological polar surface area (TPSA) is 168 Å². The van der Waals surface area contributed by atoms with Gasteiger partial charge in [0.25, 0.3) is 0 Å². The van der Waals surface area contributed by atoms with Gasteiger partial charge in [-0.2, -0.15) is 4.31 Å². The number of amides is 1. The first-order chi connectivity index (χ1) is 26.2. The normalized spacial score (nSPS) is 20.6.